The predicted molar refractivity (Wildman–Crippen MR) is 54.1 cm³/mol. The highest BCUT2D eigenvalue weighted by atomic mass is 19.4. The number of aromatic nitrogens is 1. The number of aryl methyl sites for hydroxylation is 1. The zero-order valence-corrected chi connectivity index (χ0v) is 8.84. The average Bonchev–Trinajstić information content (AvgIpc) is 2.19. The molecule has 0 saturated carbocycles. The third kappa shape index (κ3) is 2.63. The Kier molecular flexibility index (Phi) is 3.74. The van der Waals surface area contributed by atoms with Crippen LogP contribution in [-0.2, 0) is 19.1 Å². The standard InChI is InChI=1S/C10H13F3N2O/c1-2-8-5-7(10(11,12)13)6-9(16)15(8)4-3-14/h5-6H,2-4,14H2,1H3. The van der Waals surface area contributed by atoms with Crippen molar-refractivity contribution in [1.82, 2.24) is 4.57 Å². The molecule has 0 aliphatic heterocycles. The van der Waals surface area contributed by atoms with E-state index in [0.29, 0.717) is 18.2 Å². The van der Waals surface area contributed by atoms with Crippen molar-refractivity contribution in [2.24, 2.45) is 5.73 Å². The van der Waals surface area contributed by atoms with Crippen LogP contribution in [0.3, 0.4) is 0 Å². The van der Waals surface area contributed by atoms with Gasteiger partial charge in [-0.2, -0.15) is 13.2 Å². The molecule has 90 valence electrons. The van der Waals surface area contributed by atoms with Gasteiger partial charge in [0.05, 0.1) is 5.56 Å². The summed E-state index contributed by atoms with van der Waals surface area (Å²) in [7, 11) is 0. The first-order valence-electron chi connectivity index (χ1n) is 4.91. The molecule has 0 aliphatic rings. The minimum Gasteiger partial charge on any atom is -0.329 e. The lowest BCUT2D eigenvalue weighted by molar-refractivity contribution is -0.137. The van der Waals surface area contributed by atoms with Crippen LogP contribution in [0.15, 0.2) is 16.9 Å². The number of hydrogen-bond donors (Lipinski definition) is 1. The zero-order valence-electron chi connectivity index (χ0n) is 8.84. The number of nitrogens with two attached hydrogens (primary N) is 1. The summed E-state index contributed by atoms with van der Waals surface area (Å²) in [5.74, 6) is 0. The lowest BCUT2D eigenvalue weighted by atomic mass is 10.2. The fourth-order valence-electron chi connectivity index (χ4n) is 1.49. The van der Waals surface area contributed by atoms with Crippen molar-refractivity contribution in [1.29, 1.82) is 0 Å². The molecule has 1 aromatic heterocycles. The quantitative estimate of drug-likeness (QED) is 0.859. The first kappa shape index (κ1) is 12.8. The van der Waals surface area contributed by atoms with E-state index in [4.69, 9.17) is 5.73 Å². The Balaban J connectivity index is 3.32. The molecule has 1 aromatic rings. The largest absolute Gasteiger partial charge is 0.416 e. The molecule has 0 fully saturated rings. The van der Waals surface area contributed by atoms with Gasteiger partial charge in [-0.15, -0.1) is 0 Å². The summed E-state index contributed by atoms with van der Waals surface area (Å²) in [6, 6.07) is 1.60. The zero-order chi connectivity index (χ0) is 12.3. The van der Waals surface area contributed by atoms with Gasteiger partial charge >= 0.3 is 6.18 Å². The Labute approximate surface area is 90.7 Å². The van der Waals surface area contributed by atoms with Crippen LogP contribution >= 0.6 is 0 Å². The van der Waals surface area contributed by atoms with Gasteiger partial charge in [-0.1, -0.05) is 6.92 Å². The van der Waals surface area contributed by atoms with Gasteiger partial charge in [0.15, 0.2) is 0 Å². The molecule has 0 atom stereocenters. The fourth-order valence-corrected chi connectivity index (χ4v) is 1.49. The third-order valence-electron chi connectivity index (χ3n) is 2.26. The van der Waals surface area contributed by atoms with Crippen molar-refractivity contribution < 1.29 is 13.2 Å². The van der Waals surface area contributed by atoms with Crippen LogP contribution in [0.5, 0.6) is 0 Å². The van der Waals surface area contributed by atoms with Gasteiger partial charge in [0.25, 0.3) is 5.56 Å². The minimum atomic E-state index is -4.48. The highest BCUT2D eigenvalue weighted by Crippen LogP contribution is 2.28. The van der Waals surface area contributed by atoms with E-state index in [1.165, 1.54) is 4.57 Å². The first-order chi connectivity index (χ1) is 7.40. The van der Waals surface area contributed by atoms with E-state index in [1.807, 2.05) is 0 Å². The number of rotatable bonds is 3. The normalized spacial score (nSPS) is 11.8. The van der Waals surface area contributed by atoms with Crippen LogP contribution in [0.2, 0.25) is 0 Å². The molecule has 6 heteroatoms. The topological polar surface area (TPSA) is 48.0 Å². The molecule has 0 saturated heterocycles. The molecule has 3 nitrogen and oxygen atoms in total. The predicted octanol–water partition coefficient (Wildman–Crippen LogP) is 1.39. The maximum atomic E-state index is 12.4. The average molecular weight is 234 g/mol. The maximum Gasteiger partial charge on any atom is 0.416 e. The van der Waals surface area contributed by atoms with Crippen molar-refractivity contribution in [3.05, 3.63) is 33.7 Å². The molecule has 1 rings (SSSR count). The first-order valence-corrected chi connectivity index (χ1v) is 4.91. The monoisotopic (exact) mass is 234 g/mol. The van der Waals surface area contributed by atoms with E-state index in [1.54, 1.807) is 6.92 Å². The second-order valence-corrected chi connectivity index (χ2v) is 3.37. The van der Waals surface area contributed by atoms with Crippen molar-refractivity contribution >= 4 is 0 Å². The van der Waals surface area contributed by atoms with Crippen LogP contribution in [-0.4, -0.2) is 11.1 Å². The van der Waals surface area contributed by atoms with Crippen LogP contribution in [0.4, 0.5) is 13.2 Å². The molecule has 0 amide bonds. The molecule has 1 heterocycles. The summed E-state index contributed by atoms with van der Waals surface area (Å²) >= 11 is 0. The van der Waals surface area contributed by atoms with Gasteiger partial charge in [0, 0.05) is 24.8 Å². The summed E-state index contributed by atoms with van der Waals surface area (Å²) in [4.78, 5) is 11.5. The summed E-state index contributed by atoms with van der Waals surface area (Å²) in [6.07, 6.45) is -4.12. The minimum absolute atomic E-state index is 0.221. The third-order valence-corrected chi connectivity index (χ3v) is 2.26. The van der Waals surface area contributed by atoms with E-state index in [9.17, 15) is 18.0 Å². The number of nitrogens with zero attached hydrogens (tertiary/aromatic N) is 1. The van der Waals surface area contributed by atoms with E-state index in [0.717, 1.165) is 6.07 Å². The highest BCUT2D eigenvalue weighted by Gasteiger charge is 2.31. The van der Waals surface area contributed by atoms with Crippen molar-refractivity contribution in [2.75, 3.05) is 6.54 Å². The number of hydrogen-bond acceptors (Lipinski definition) is 2. The summed E-state index contributed by atoms with van der Waals surface area (Å²) in [5, 5.41) is 0. The molecule has 0 bridgehead atoms. The molecular formula is C10H13F3N2O. The Morgan fingerprint density at radius 3 is 2.44 bits per heavy atom. The van der Waals surface area contributed by atoms with E-state index < -0.39 is 17.3 Å². The Morgan fingerprint density at radius 1 is 1.38 bits per heavy atom. The number of halogens is 3. The molecular weight excluding hydrogens is 221 g/mol. The van der Waals surface area contributed by atoms with Crippen LogP contribution in [0.25, 0.3) is 0 Å². The maximum absolute atomic E-state index is 12.4. The molecule has 0 aromatic carbocycles. The molecule has 2 N–H and O–H groups in total. The molecule has 0 unspecified atom stereocenters. The van der Waals surface area contributed by atoms with Crippen molar-refractivity contribution in [2.45, 2.75) is 26.1 Å². The van der Waals surface area contributed by atoms with Gasteiger partial charge < -0.3 is 10.3 Å². The lowest BCUT2D eigenvalue weighted by Crippen LogP contribution is -2.28. The highest BCUT2D eigenvalue weighted by molar-refractivity contribution is 5.21. The molecule has 16 heavy (non-hydrogen) atoms. The number of alkyl halides is 3. The van der Waals surface area contributed by atoms with Gasteiger partial charge in [-0.05, 0) is 12.5 Å². The van der Waals surface area contributed by atoms with Gasteiger partial charge in [-0.25, -0.2) is 0 Å². The van der Waals surface area contributed by atoms with Crippen molar-refractivity contribution in [3.63, 3.8) is 0 Å². The van der Waals surface area contributed by atoms with Crippen LogP contribution in [0, 0.1) is 0 Å². The van der Waals surface area contributed by atoms with Crippen LogP contribution in [0.1, 0.15) is 18.2 Å². The smallest absolute Gasteiger partial charge is 0.329 e. The SMILES string of the molecule is CCc1cc(C(F)(F)F)cc(=O)n1CCN. The Bertz CT molecular complexity index is 423. The molecule has 0 radical (unpaired) electrons. The van der Waals surface area contributed by atoms with E-state index >= 15 is 0 Å². The second kappa shape index (κ2) is 4.69. The summed E-state index contributed by atoms with van der Waals surface area (Å²) in [5.41, 5.74) is 4.09. The van der Waals surface area contributed by atoms with E-state index in [-0.39, 0.29) is 13.1 Å². The van der Waals surface area contributed by atoms with Gasteiger partial charge in [-0.3, -0.25) is 4.79 Å². The molecule has 0 spiro atoms. The number of pyridine rings is 1. The van der Waals surface area contributed by atoms with E-state index in [2.05, 4.69) is 0 Å². The lowest BCUT2D eigenvalue weighted by Gasteiger charge is -2.13. The molecule has 0 aliphatic carbocycles. The van der Waals surface area contributed by atoms with Crippen molar-refractivity contribution in [3.8, 4) is 0 Å². The van der Waals surface area contributed by atoms with Gasteiger partial charge in [0.2, 0.25) is 0 Å². The summed E-state index contributed by atoms with van der Waals surface area (Å²) < 4.78 is 38.6. The van der Waals surface area contributed by atoms with Crippen LogP contribution < -0.4 is 11.3 Å². The Hall–Kier alpha value is -1.30. The fraction of sp³-hybridized carbons (Fsp3) is 0.500. The van der Waals surface area contributed by atoms with Gasteiger partial charge in [0.1, 0.15) is 0 Å². The second-order valence-electron chi connectivity index (χ2n) is 3.37. The summed E-state index contributed by atoms with van der Waals surface area (Å²) in [6.45, 7) is 2.15. The Morgan fingerprint density at radius 2 is 2.00 bits per heavy atom.